The van der Waals surface area contributed by atoms with Gasteiger partial charge in [0.25, 0.3) is 0 Å². The molecule has 1 rings (SSSR count). The summed E-state index contributed by atoms with van der Waals surface area (Å²) in [7, 11) is -3.11. The molecule has 0 aliphatic heterocycles. The Kier molecular flexibility index (Phi) is 7.66. The summed E-state index contributed by atoms with van der Waals surface area (Å²) in [5.41, 5.74) is 0. The van der Waals surface area contributed by atoms with Crippen molar-refractivity contribution in [2.75, 3.05) is 30.8 Å². The standard InChI is InChI=1S/C11H22BrNO3S/c12-6-8-16-9-7-13-17(14,15)10-11-4-2-1-3-5-11/h11,13H,1-10H2. The molecule has 6 heteroatoms. The van der Waals surface area contributed by atoms with Crippen molar-refractivity contribution in [2.24, 2.45) is 5.92 Å². The molecule has 1 aliphatic carbocycles. The molecule has 0 bridgehead atoms. The van der Waals surface area contributed by atoms with Crippen LogP contribution in [0, 0.1) is 5.92 Å². The first-order valence-corrected chi connectivity index (χ1v) is 9.02. The number of alkyl halides is 1. The van der Waals surface area contributed by atoms with Gasteiger partial charge in [0, 0.05) is 11.9 Å². The third kappa shape index (κ3) is 7.39. The molecule has 1 aliphatic rings. The molecule has 1 N–H and O–H groups in total. The normalized spacial score (nSPS) is 18.4. The van der Waals surface area contributed by atoms with Gasteiger partial charge in [-0.1, -0.05) is 35.2 Å². The first-order chi connectivity index (χ1) is 8.14. The van der Waals surface area contributed by atoms with Crippen LogP contribution in [0.15, 0.2) is 0 Å². The van der Waals surface area contributed by atoms with Crippen LogP contribution in [0.2, 0.25) is 0 Å². The number of sulfonamides is 1. The summed E-state index contributed by atoms with van der Waals surface area (Å²) < 4.78 is 31.3. The summed E-state index contributed by atoms with van der Waals surface area (Å²) >= 11 is 3.24. The highest BCUT2D eigenvalue weighted by molar-refractivity contribution is 9.09. The van der Waals surface area contributed by atoms with Gasteiger partial charge in [0.05, 0.1) is 19.0 Å². The minimum atomic E-state index is -3.11. The van der Waals surface area contributed by atoms with Crippen molar-refractivity contribution in [3.63, 3.8) is 0 Å². The highest BCUT2D eigenvalue weighted by atomic mass is 79.9. The minimum absolute atomic E-state index is 0.283. The van der Waals surface area contributed by atoms with Crippen molar-refractivity contribution in [3.05, 3.63) is 0 Å². The highest BCUT2D eigenvalue weighted by Crippen LogP contribution is 2.24. The van der Waals surface area contributed by atoms with Crippen molar-refractivity contribution in [2.45, 2.75) is 32.1 Å². The van der Waals surface area contributed by atoms with Crippen LogP contribution in [0.5, 0.6) is 0 Å². The maximum absolute atomic E-state index is 11.8. The second-order valence-corrected chi connectivity index (χ2v) is 7.13. The quantitative estimate of drug-likeness (QED) is 0.547. The van der Waals surface area contributed by atoms with Crippen molar-refractivity contribution < 1.29 is 13.2 Å². The highest BCUT2D eigenvalue weighted by Gasteiger charge is 2.20. The molecule has 0 aromatic heterocycles. The monoisotopic (exact) mass is 327 g/mol. The van der Waals surface area contributed by atoms with Crippen LogP contribution in [0.4, 0.5) is 0 Å². The van der Waals surface area contributed by atoms with E-state index < -0.39 is 10.0 Å². The molecule has 0 saturated heterocycles. The van der Waals surface area contributed by atoms with E-state index in [0.29, 0.717) is 25.7 Å². The largest absolute Gasteiger partial charge is 0.379 e. The molecule has 0 radical (unpaired) electrons. The fraction of sp³-hybridized carbons (Fsp3) is 1.00. The molecule has 1 fully saturated rings. The van der Waals surface area contributed by atoms with Crippen LogP contribution in [-0.2, 0) is 14.8 Å². The maximum atomic E-state index is 11.8. The van der Waals surface area contributed by atoms with Crippen LogP contribution in [0.25, 0.3) is 0 Å². The van der Waals surface area contributed by atoms with E-state index in [9.17, 15) is 8.42 Å². The van der Waals surface area contributed by atoms with E-state index in [1.807, 2.05) is 0 Å². The first-order valence-electron chi connectivity index (χ1n) is 6.25. The SMILES string of the molecule is O=S(=O)(CC1CCCCC1)NCCOCCBr. The summed E-state index contributed by atoms with van der Waals surface area (Å²) in [4.78, 5) is 0. The van der Waals surface area contributed by atoms with Gasteiger partial charge in [0.2, 0.25) is 10.0 Å². The number of rotatable bonds is 8. The van der Waals surface area contributed by atoms with Crippen LogP contribution in [-0.4, -0.2) is 39.3 Å². The predicted molar refractivity (Wildman–Crippen MR) is 73.0 cm³/mol. The van der Waals surface area contributed by atoms with Crippen LogP contribution >= 0.6 is 15.9 Å². The van der Waals surface area contributed by atoms with Crippen LogP contribution in [0.3, 0.4) is 0 Å². The molecule has 0 heterocycles. The van der Waals surface area contributed by atoms with Gasteiger partial charge in [-0.15, -0.1) is 0 Å². The third-order valence-electron chi connectivity index (χ3n) is 2.97. The lowest BCUT2D eigenvalue weighted by molar-refractivity contribution is 0.156. The van der Waals surface area contributed by atoms with Crippen molar-refractivity contribution in [1.82, 2.24) is 4.72 Å². The molecule has 4 nitrogen and oxygen atoms in total. The average Bonchev–Trinajstić information content (AvgIpc) is 2.29. The summed E-state index contributed by atoms with van der Waals surface area (Å²) in [6, 6.07) is 0. The van der Waals surface area contributed by atoms with E-state index in [1.165, 1.54) is 19.3 Å². The second kappa shape index (κ2) is 8.45. The molecular weight excluding hydrogens is 306 g/mol. The maximum Gasteiger partial charge on any atom is 0.211 e. The fourth-order valence-corrected chi connectivity index (χ4v) is 3.84. The number of nitrogens with one attached hydrogen (secondary N) is 1. The molecule has 0 aromatic carbocycles. The van der Waals surface area contributed by atoms with E-state index in [4.69, 9.17) is 4.74 Å². The molecule has 0 aromatic rings. The van der Waals surface area contributed by atoms with Gasteiger partial charge >= 0.3 is 0 Å². The Balaban J connectivity index is 2.16. The molecular formula is C11H22BrNO3S. The Hall–Kier alpha value is 0.350. The average molecular weight is 328 g/mol. The van der Waals surface area contributed by atoms with Crippen molar-refractivity contribution in [3.8, 4) is 0 Å². The minimum Gasteiger partial charge on any atom is -0.379 e. The Morgan fingerprint density at radius 1 is 1.18 bits per heavy atom. The van der Waals surface area contributed by atoms with Gasteiger partial charge in [-0.3, -0.25) is 0 Å². The Bertz CT molecular complexity index is 289. The zero-order valence-electron chi connectivity index (χ0n) is 10.2. The van der Waals surface area contributed by atoms with E-state index in [-0.39, 0.29) is 5.75 Å². The van der Waals surface area contributed by atoms with E-state index in [2.05, 4.69) is 20.7 Å². The third-order valence-corrected chi connectivity index (χ3v) is 4.85. The molecule has 102 valence electrons. The predicted octanol–water partition coefficient (Wildman–Crippen LogP) is 1.90. The Morgan fingerprint density at radius 3 is 2.53 bits per heavy atom. The van der Waals surface area contributed by atoms with Gasteiger partial charge in [-0.2, -0.15) is 0 Å². The van der Waals surface area contributed by atoms with Crippen LogP contribution in [0.1, 0.15) is 32.1 Å². The van der Waals surface area contributed by atoms with Crippen molar-refractivity contribution in [1.29, 1.82) is 0 Å². The van der Waals surface area contributed by atoms with Gasteiger partial charge in [0.1, 0.15) is 0 Å². The van der Waals surface area contributed by atoms with E-state index in [1.54, 1.807) is 0 Å². The van der Waals surface area contributed by atoms with Crippen molar-refractivity contribution >= 4 is 26.0 Å². The number of ether oxygens (including phenoxy) is 1. The second-order valence-electron chi connectivity index (χ2n) is 4.48. The Morgan fingerprint density at radius 2 is 1.88 bits per heavy atom. The molecule has 0 spiro atoms. The zero-order chi connectivity index (χ0) is 12.6. The molecule has 17 heavy (non-hydrogen) atoms. The summed E-state index contributed by atoms with van der Waals surface area (Å²) in [6.07, 6.45) is 5.72. The van der Waals surface area contributed by atoms with Gasteiger partial charge in [0.15, 0.2) is 0 Å². The number of halogens is 1. The summed E-state index contributed by atoms with van der Waals surface area (Å²) in [5.74, 6) is 0.635. The van der Waals surface area contributed by atoms with E-state index >= 15 is 0 Å². The first kappa shape index (κ1) is 15.4. The molecule has 0 amide bonds. The molecule has 0 unspecified atom stereocenters. The Labute approximate surface area is 113 Å². The summed E-state index contributed by atoms with van der Waals surface area (Å²) in [6.45, 7) is 1.43. The number of hydrogen-bond donors (Lipinski definition) is 1. The smallest absolute Gasteiger partial charge is 0.211 e. The van der Waals surface area contributed by atoms with Crippen LogP contribution < -0.4 is 4.72 Å². The zero-order valence-corrected chi connectivity index (χ0v) is 12.6. The van der Waals surface area contributed by atoms with Gasteiger partial charge < -0.3 is 4.74 Å². The summed E-state index contributed by atoms with van der Waals surface area (Å²) in [5, 5.41) is 0.780. The lowest BCUT2D eigenvalue weighted by Gasteiger charge is -2.21. The van der Waals surface area contributed by atoms with Gasteiger partial charge in [-0.25, -0.2) is 13.1 Å². The number of hydrogen-bond acceptors (Lipinski definition) is 3. The lowest BCUT2D eigenvalue weighted by Crippen LogP contribution is -2.33. The van der Waals surface area contributed by atoms with E-state index in [0.717, 1.165) is 18.2 Å². The molecule has 1 saturated carbocycles. The fourth-order valence-electron chi connectivity index (χ4n) is 2.15. The van der Waals surface area contributed by atoms with Gasteiger partial charge in [-0.05, 0) is 18.8 Å². The molecule has 0 atom stereocenters. The lowest BCUT2D eigenvalue weighted by atomic mass is 9.91. The topological polar surface area (TPSA) is 55.4 Å².